The molecule has 7 nitrogen and oxygen atoms in total. The SMILES string of the molecule is COCCOCCOCc1nc(C(F)(F)F)ccc1C(O)=C1C(=O)C2CCC(C2)C1=O. The van der Waals surface area contributed by atoms with Crippen molar-refractivity contribution < 1.29 is 42.1 Å². The van der Waals surface area contributed by atoms with Crippen molar-refractivity contribution in [3.8, 4) is 0 Å². The third-order valence-corrected chi connectivity index (χ3v) is 5.47. The van der Waals surface area contributed by atoms with E-state index in [0.717, 1.165) is 6.07 Å². The minimum absolute atomic E-state index is 0.0699. The number of hydrogen-bond donors (Lipinski definition) is 1. The van der Waals surface area contributed by atoms with Gasteiger partial charge in [0.05, 0.1) is 38.7 Å². The zero-order valence-corrected chi connectivity index (χ0v) is 17.0. The van der Waals surface area contributed by atoms with Crippen LogP contribution in [0.25, 0.3) is 5.76 Å². The van der Waals surface area contributed by atoms with Crippen molar-refractivity contribution in [1.29, 1.82) is 0 Å². The van der Waals surface area contributed by atoms with E-state index in [4.69, 9.17) is 14.2 Å². The number of carbonyl (C=O) groups is 2. The molecule has 0 saturated heterocycles. The first-order chi connectivity index (χ1) is 14.7. The minimum Gasteiger partial charge on any atom is -0.506 e. The van der Waals surface area contributed by atoms with Crippen molar-refractivity contribution in [2.75, 3.05) is 33.5 Å². The summed E-state index contributed by atoms with van der Waals surface area (Å²) in [5, 5.41) is 10.7. The fourth-order valence-electron chi connectivity index (χ4n) is 3.87. The van der Waals surface area contributed by atoms with Crippen molar-refractivity contribution >= 4 is 17.3 Å². The summed E-state index contributed by atoms with van der Waals surface area (Å²) in [7, 11) is 1.52. The third kappa shape index (κ3) is 5.31. The molecule has 1 heterocycles. The molecule has 2 fully saturated rings. The Labute approximate surface area is 177 Å². The molecule has 0 spiro atoms. The number of methoxy groups -OCH3 is 1. The molecule has 2 bridgehead atoms. The summed E-state index contributed by atoms with van der Waals surface area (Å²) in [4.78, 5) is 28.9. The lowest BCUT2D eigenvalue weighted by molar-refractivity contribution is -0.141. The highest BCUT2D eigenvalue weighted by Crippen LogP contribution is 2.42. The molecule has 0 amide bonds. The predicted molar refractivity (Wildman–Crippen MR) is 102 cm³/mol. The third-order valence-electron chi connectivity index (χ3n) is 5.47. The van der Waals surface area contributed by atoms with Gasteiger partial charge in [-0.1, -0.05) is 0 Å². The van der Waals surface area contributed by atoms with Crippen LogP contribution in [-0.2, 0) is 36.6 Å². The highest BCUT2D eigenvalue weighted by atomic mass is 19.4. The number of aliphatic hydroxyl groups is 1. The Hall–Kier alpha value is -2.30. The van der Waals surface area contributed by atoms with E-state index in [1.165, 1.54) is 7.11 Å². The molecule has 1 aromatic heterocycles. The number of hydrogen-bond acceptors (Lipinski definition) is 7. The zero-order valence-electron chi connectivity index (χ0n) is 17.0. The molecule has 0 aliphatic heterocycles. The van der Waals surface area contributed by atoms with Crippen LogP contribution in [0.15, 0.2) is 17.7 Å². The average molecular weight is 443 g/mol. The molecule has 2 aliphatic carbocycles. The summed E-state index contributed by atoms with van der Waals surface area (Å²) >= 11 is 0. The summed E-state index contributed by atoms with van der Waals surface area (Å²) in [6.07, 6.45) is -3.11. The van der Waals surface area contributed by atoms with Crippen LogP contribution in [0, 0.1) is 11.8 Å². The number of fused-ring (bicyclic) bond motifs is 2. The average Bonchev–Trinajstić information content (AvgIpc) is 3.18. The van der Waals surface area contributed by atoms with Crippen molar-refractivity contribution in [3.63, 3.8) is 0 Å². The van der Waals surface area contributed by atoms with Crippen molar-refractivity contribution in [2.24, 2.45) is 11.8 Å². The number of allylic oxidation sites excluding steroid dienone is 1. The van der Waals surface area contributed by atoms with E-state index in [1.807, 2.05) is 0 Å². The van der Waals surface area contributed by atoms with Gasteiger partial charge in [0.25, 0.3) is 0 Å². The number of alkyl halides is 3. The largest absolute Gasteiger partial charge is 0.506 e. The monoisotopic (exact) mass is 443 g/mol. The van der Waals surface area contributed by atoms with Crippen LogP contribution in [0.1, 0.15) is 36.2 Å². The second-order valence-corrected chi connectivity index (χ2v) is 7.51. The van der Waals surface area contributed by atoms with Gasteiger partial charge in [-0.25, -0.2) is 4.98 Å². The van der Waals surface area contributed by atoms with E-state index in [1.54, 1.807) is 0 Å². The van der Waals surface area contributed by atoms with Crippen LogP contribution in [0.5, 0.6) is 0 Å². The van der Waals surface area contributed by atoms with E-state index in [0.29, 0.717) is 38.5 Å². The van der Waals surface area contributed by atoms with Gasteiger partial charge in [-0.2, -0.15) is 13.2 Å². The number of rotatable bonds is 9. The molecule has 2 unspecified atom stereocenters. The number of carbonyl (C=O) groups excluding carboxylic acids is 2. The highest BCUT2D eigenvalue weighted by molar-refractivity contribution is 6.27. The van der Waals surface area contributed by atoms with Gasteiger partial charge >= 0.3 is 6.18 Å². The number of nitrogens with zero attached hydrogens (tertiary/aromatic N) is 1. The van der Waals surface area contributed by atoms with Crippen LogP contribution in [0.3, 0.4) is 0 Å². The predicted octanol–water partition coefficient (Wildman–Crippen LogP) is 3.12. The van der Waals surface area contributed by atoms with Gasteiger partial charge in [-0.05, 0) is 31.4 Å². The lowest BCUT2D eigenvalue weighted by Crippen LogP contribution is -2.30. The summed E-state index contributed by atoms with van der Waals surface area (Å²) < 4.78 is 54.8. The Balaban J connectivity index is 1.85. The van der Waals surface area contributed by atoms with Gasteiger partial charge in [0, 0.05) is 24.5 Å². The van der Waals surface area contributed by atoms with E-state index in [2.05, 4.69) is 4.98 Å². The first-order valence-corrected chi connectivity index (χ1v) is 9.97. The van der Waals surface area contributed by atoms with Crippen LogP contribution in [-0.4, -0.2) is 55.2 Å². The maximum Gasteiger partial charge on any atom is 0.433 e. The number of Topliss-reactive ketones (excluding diaryl/α,β-unsaturated/α-hetero) is 2. The molecule has 1 aromatic rings. The number of aromatic nitrogens is 1. The Morgan fingerprint density at radius 2 is 1.68 bits per heavy atom. The number of halogens is 3. The van der Waals surface area contributed by atoms with Gasteiger partial charge in [0.1, 0.15) is 17.0 Å². The molecule has 1 N–H and O–H groups in total. The Morgan fingerprint density at radius 3 is 2.29 bits per heavy atom. The van der Waals surface area contributed by atoms with Crippen molar-refractivity contribution in [3.05, 3.63) is 34.7 Å². The Morgan fingerprint density at radius 1 is 1.06 bits per heavy atom. The summed E-state index contributed by atoms with van der Waals surface area (Å²) in [5.74, 6) is -2.25. The highest BCUT2D eigenvalue weighted by Gasteiger charge is 2.45. The second-order valence-electron chi connectivity index (χ2n) is 7.51. The molecule has 2 aliphatic rings. The minimum atomic E-state index is -4.70. The molecular weight excluding hydrogens is 419 g/mol. The Bertz CT molecular complexity index is 843. The molecule has 2 atom stereocenters. The van der Waals surface area contributed by atoms with E-state index in [-0.39, 0.29) is 48.5 Å². The molecular formula is C21H24F3NO6. The fourth-order valence-corrected chi connectivity index (χ4v) is 3.87. The first kappa shape index (κ1) is 23.4. The van der Waals surface area contributed by atoms with Gasteiger partial charge in [-0.15, -0.1) is 0 Å². The Kier molecular flexibility index (Phi) is 7.45. The summed E-state index contributed by atoms with van der Waals surface area (Å²) in [5.41, 5.74) is -1.84. The van der Waals surface area contributed by atoms with Crippen LogP contribution >= 0.6 is 0 Å². The molecule has 2 saturated carbocycles. The number of ether oxygens (including phenoxy) is 3. The lowest BCUT2D eigenvalue weighted by atomic mass is 9.81. The number of pyridine rings is 1. The smallest absolute Gasteiger partial charge is 0.433 e. The molecule has 10 heteroatoms. The van der Waals surface area contributed by atoms with Crippen molar-refractivity contribution in [1.82, 2.24) is 4.98 Å². The van der Waals surface area contributed by atoms with Crippen molar-refractivity contribution in [2.45, 2.75) is 32.0 Å². The first-order valence-electron chi connectivity index (χ1n) is 9.97. The number of aliphatic hydroxyl groups excluding tert-OH is 1. The normalized spacial score (nSPS) is 21.1. The standard InChI is InChI=1S/C21H24F3NO6/c1-29-6-7-30-8-9-31-11-15-14(4-5-16(25-15)21(22,23)24)20(28)17-18(26)12-2-3-13(10-12)19(17)27/h4-5,12-13,28H,2-3,6-11H2,1H3. The topological polar surface area (TPSA) is 94.9 Å². The summed E-state index contributed by atoms with van der Waals surface area (Å²) in [6, 6.07) is 1.72. The van der Waals surface area contributed by atoms with Gasteiger partial charge in [-0.3, -0.25) is 9.59 Å². The van der Waals surface area contributed by atoms with Gasteiger partial charge in [0.2, 0.25) is 0 Å². The molecule has 3 rings (SSSR count). The lowest BCUT2D eigenvalue weighted by Gasteiger charge is -2.21. The summed E-state index contributed by atoms with van der Waals surface area (Å²) in [6.45, 7) is 0.627. The molecule has 0 aromatic carbocycles. The van der Waals surface area contributed by atoms with E-state index >= 15 is 0 Å². The molecule has 0 radical (unpaired) electrons. The second kappa shape index (κ2) is 9.88. The molecule has 31 heavy (non-hydrogen) atoms. The van der Waals surface area contributed by atoms with Crippen LogP contribution in [0.2, 0.25) is 0 Å². The maximum atomic E-state index is 13.1. The van der Waals surface area contributed by atoms with Gasteiger partial charge in [0.15, 0.2) is 11.6 Å². The van der Waals surface area contributed by atoms with E-state index in [9.17, 15) is 27.9 Å². The zero-order chi connectivity index (χ0) is 22.6. The quantitative estimate of drug-likeness (QED) is 0.271. The number of ketones is 2. The van der Waals surface area contributed by atoms with Crippen LogP contribution < -0.4 is 0 Å². The maximum absolute atomic E-state index is 13.1. The molecule has 170 valence electrons. The van der Waals surface area contributed by atoms with E-state index < -0.39 is 29.2 Å². The van der Waals surface area contributed by atoms with Crippen LogP contribution in [0.4, 0.5) is 13.2 Å². The fraction of sp³-hybridized carbons (Fsp3) is 0.571. The van der Waals surface area contributed by atoms with Gasteiger partial charge < -0.3 is 19.3 Å².